The standard InChI is InChI=1S/C12H15NO/c1-5-9(3)7-10-8-13(4)12(14)11(10)6-2/h5-7H,1-2,8H2,3-4H3/b9-7-. The van der Waals surface area contributed by atoms with Gasteiger partial charge in [0.05, 0.1) is 0 Å². The molecule has 0 bridgehead atoms. The molecule has 1 heterocycles. The highest BCUT2D eigenvalue weighted by Crippen LogP contribution is 2.20. The van der Waals surface area contributed by atoms with E-state index >= 15 is 0 Å². The average molecular weight is 189 g/mol. The van der Waals surface area contributed by atoms with Crippen LogP contribution in [0.1, 0.15) is 6.92 Å². The van der Waals surface area contributed by atoms with Crippen LogP contribution in [0.3, 0.4) is 0 Å². The Morgan fingerprint density at radius 2 is 2.14 bits per heavy atom. The Morgan fingerprint density at radius 1 is 1.50 bits per heavy atom. The fraction of sp³-hybridized carbons (Fsp3) is 0.250. The molecule has 0 atom stereocenters. The SMILES string of the molecule is C=CC1=C(/C=C(/C)C=C)CN(C)C1=O. The molecule has 1 aliphatic rings. The molecule has 0 N–H and O–H groups in total. The van der Waals surface area contributed by atoms with Crippen LogP contribution in [0, 0.1) is 0 Å². The molecule has 0 aromatic heterocycles. The molecule has 1 rings (SSSR count). The second kappa shape index (κ2) is 4.09. The van der Waals surface area contributed by atoms with Gasteiger partial charge in [0.1, 0.15) is 0 Å². The number of carbonyl (C=O) groups is 1. The first-order valence-corrected chi connectivity index (χ1v) is 4.52. The van der Waals surface area contributed by atoms with Crippen molar-refractivity contribution in [2.24, 2.45) is 0 Å². The third kappa shape index (κ3) is 1.84. The van der Waals surface area contributed by atoms with E-state index < -0.39 is 0 Å². The minimum absolute atomic E-state index is 0.0445. The van der Waals surface area contributed by atoms with Gasteiger partial charge >= 0.3 is 0 Å². The maximum absolute atomic E-state index is 11.6. The van der Waals surface area contributed by atoms with E-state index in [4.69, 9.17) is 0 Å². The van der Waals surface area contributed by atoms with Crippen molar-refractivity contribution in [3.05, 3.63) is 48.1 Å². The summed E-state index contributed by atoms with van der Waals surface area (Å²) in [5.74, 6) is 0.0445. The molecule has 0 saturated heterocycles. The van der Waals surface area contributed by atoms with E-state index in [1.165, 1.54) is 0 Å². The minimum Gasteiger partial charge on any atom is -0.337 e. The van der Waals surface area contributed by atoms with E-state index in [-0.39, 0.29) is 5.91 Å². The van der Waals surface area contributed by atoms with Crippen molar-refractivity contribution in [3.63, 3.8) is 0 Å². The third-order valence-corrected chi connectivity index (χ3v) is 2.26. The van der Waals surface area contributed by atoms with Crippen LogP contribution < -0.4 is 0 Å². The molecule has 0 unspecified atom stereocenters. The summed E-state index contributed by atoms with van der Waals surface area (Å²) in [7, 11) is 1.79. The molecule has 2 nitrogen and oxygen atoms in total. The first kappa shape index (κ1) is 10.5. The molecular weight excluding hydrogens is 174 g/mol. The van der Waals surface area contributed by atoms with Gasteiger partial charge in [-0.1, -0.05) is 37.0 Å². The number of carbonyl (C=O) groups excluding carboxylic acids is 1. The number of allylic oxidation sites excluding steroid dienone is 2. The second-order valence-corrected chi connectivity index (χ2v) is 3.40. The highest BCUT2D eigenvalue weighted by Gasteiger charge is 2.23. The number of rotatable bonds is 3. The zero-order valence-corrected chi connectivity index (χ0v) is 8.71. The fourth-order valence-corrected chi connectivity index (χ4v) is 1.43. The lowest BCUT2D eigenvalue weighted by atomic mass is 10.1. The topological polar surface area (TPSA) is 20.3 Å². The summed E-state index contributed by atoms with van der Waals surface area (Å²) in [6, 6.07) is 0. The molecular formula is C12H15NO. The Kier molecular flexibility index (Phi) is 3.07. The predicted molar refractivity (Wildman–Crippen MR) is 58.8 cm³/mol. The molecule has 0 aromatic rings. The number of hydrogen-bond acceptors (Lipinski definition) is 1. The Balaban J connectivity index is 3.08. The van der Waals surface area contributed by atoms with E-state index in [0.29, 0.717) is 12.1 Å². The van der Waals surface area contributed by atoms with Gasteiger partial charge in [-0.2, -0.15) is 0 Å². The molecule has 14 heavy (non-hydrogen) atoms. The van der Waals surface area contributed by atoms with E-state index in [0.717, 1.165) is 11.1 Å². The van der Waals surface area contributed by atoms with Crippen molar-refractivity contribution in [1.82, 2.24) is 4.90 Å². The van der Waals surface area contributed by atoms with Crippen molar-refractivity contribution in [2.45, 2.75) is 6.92 Å². The fourth-order valence-electron chi connectivity index (χ4n) is 1.43. The summed E-state index contributed by atoms with van der Waals surface area (Å²) < 4.78 is 0. The highest BCUT2D eigenvalue weighted by atomic mass is 16.2. The van der Waals surface area contributed by atoms with Gasteiger partial charge in [-0.3, -0.25) is 4.79 Å². The molecule has 1 amide bonds. The van der Waals surface area contributed by atoms with Crippen molar-refractivity contribution in [2.75, 3.05) is 13.6 Å². The second-order valence-electron chi connectivity index (χ2n) is 3.40. The number of hydrogen-bond donors (Lipinski definition) is 0. The van der Waals surface area contributed by atoms with Gasteiger partial charge in [0.15, 0.2) is 0 Å². The Morgan fingerprint density at radius 3 is 2.64 bits per heavy atom. The van der Waals surface area contributed by atoms with Gasteiger partial charge < -0.3 is 4.90 Å². The molecule has 74 valence electrons. The number of amides is 1. The van der Waals surface area contributed by atoms with Crippen LogP contribution in [0.5, 0.6) is 0 Å². The van der Waals surface area contributed by atoms with Crippen molar-refractivity contribution < 1.29 is 4.79 Å². The lowest BCUT2D eigenvalue weighted by Gasteiger charge is -2.06. The quantitative estimate of drug-likeness (QED) is 0.622. The van der Waals surface area contributed by atoms with Crippen molar-refractivity contribution in [1.29, 1.82) is 0 Å². The molecule has 0 aromatic carbocycles. The van der Waals surface area contributed by atoms with Gasteiger partial charge in [-0.15, -0.1) is 0 Å². The van der Waals surface area contributed by atoms with Gasteiger partial charge in [0.2, 0.25) is 0 Å². The van der Waals surface area contributed by atoms with Crippen LogP contribution in [0.4, 0.5) is 0 Å². The van der Waals surface area contributed by atoms with E-state index in [9.17, 15) is 4.79 Å². The summed E-state index contributed by atoms with van der Waals surface area (Å²) in [5.41, 5.74) is 2.78. The maximum atomic E-state index is 11.6. The van der Waals surface area contributed by atoms with Crippen molar-refractivity contribution in [3.8, 4) is 0 Å². The normalized spacial score (nSPS) is 17.7. The zero-order valence-electron chi connectivity index (χ0n) is 8.71. The van der Waals surface area contributed by atoms with E-state index in [2.05, 4.69) is 13.2 Å². The first-order chi connectivity index (χ1) is 6.60. The van der Waals surface area contributed by atoms with E-state index in [1.54, 1.807) is 24.1 Å². The number of nitrogens with zero attached hydrogens (tertiary/aromatic N) is 1. The Labute approximate surface area is 84.9 Å². The molecule has 0 saturated carbocycles. The van der Waals surface area contributed by atoms with Gasteiger partial charge in [-0.25, -0.2) is 0 Å². The molecule has 0 aliphatic carbocycles. The smallest absolute Gasteiger partial charge is 0.254 e. The predicted octanol–water partition coefficient (Wildman–Crippen LogP) is 2.07. The summed E-state index contributed by atoms with van der Waals surface area (Å²) >= 11 is 0. The minimum atomic E-state index is 0.0445. The summed E-state index contributed by atoms with van der Waals surface area (Å²) in [6.45, 7) is 9.95. The van der Waals surface area contributed by atoms with Crippen LogP contribution in [0.2, 0.25) is 0 Å². The zero-order chi connectivity index (χ0) is 10.7. The van der Waals surface area contributed by atoms with Gasteiger partial charge in [0, 0.05) is 19.2 Å². The van der Waals surface area contributed by atoms with Crippen LogP contribution in [0.15, 0.2) is 48.1 Å². The largest absolute Gasteiger partial charge is 0.337 e. The van der Waals surface area contributed by atoms with E-state index in [1.807, 2.05) is 13.0 Å². The van der Waals surface area contributed by atoms with Crippen LogP contribution in [0.25, 0.3) is 0 Å². The van der Waals surface area contributed by atoms with Crippen molar-refractivity contribution >= 4 is 5.91 Å². The molecule has 1 aliphatic heterocycles. The van der Waals surface area contributed by atoms with Gasteiger partial charge in [-0.05, 0) is 12.5 Å². The van der Waals surface area contributed by atoms with Crippen LogP contribution in [-0.2, 0) is 4.79 Å². The third-order valence-electron chi connectivity index (χ3n) is 2.26. The highest BCUT2D eigenvalue weighted by molar-refractivity contribution is 6.00. The lowest BCUT2D eigenvalue weighted by molar-refractivity contribution is -0.124. The monoisotopic (exact) mass is 189 g/mol. The summed E-state index contributed by atoms with van der Waals surface area (Å²) in [5, 5.41) is 0. The lowest BCUT2D eigenvalue weighted by Crippen LogP contribution is -2.21. The Hall–Kier alpha value is -1.57. The molecule has 0 spiro atoms. The Bertz CT molecular complexity index is 347. The molecule has 2 heteroatoms. The summed E-state index contributed by atoms with van der Waals surface area (Å²) in [6.07, 6.45) is 5.37. The molecule has 0 radical (unpaired) electrons. The maximum Gasteiger partial charge on any atom is 0.254 e. The molecule has 0 fully saturated rings. The van der Waals surface area contributed by atoms with Crippen LogP contribution >= 0.6 is 0 Å². The van der Waals surface area contributed by atoms with Gasteiger partial charge in [0.25, 0.3) is 5.91 Å². The number of likely N-dealkylation sites (N-methyl/N-ethyl adjacent to an activating group) is 1. The summed E-state index contributed by atoms with van der Waals surface area (Å²) in [4.78, 5) is 13.2. The average Bonchev–Trinajstić information content (AvgIpc) is 2.42. The first-order valence-electron chi connectivity index (χ1n) is 4.52. The van der Waals surface area contributed by atoms with Crippen LogP contribution in [-0.4, -0.2) is 24.4 Å².